The van der Waals surface area contributed by atoms with Crippen molar-refractivity contribution in [3.05, 3.63) is 33.1 Å². The lowest BCUT2D eigenvalue weighted by atomic mass is 10.5. The second kappa shape index (κ2) is 5.16. The molecule has 5 nitrogen and oxygen atoms in total. The minimum absolute atomic E-state index is 0.153. The number of aromatic nitrogens is 1. The van der Waals surface area contributed by atoms with Crippen molar-refractivity contribution in [3.8, 4) is 6.07 Å². The zero-order chi connectivity index (χ0) is 13.2. The fourth-order valence-corrected chi connectivity index (χ4v) is 4.23. The van der Waals surface area contributed by atoms with E-state index in [0.29, 0.717) is 4.88 Å². The lowest BCUT2D eigenvalue weighted by molar-refractivity contribution is 0.584. The summed E-state index contributed by atoms with van der Waals surface area (Å²) in [7, 11) is -3.54. The molecule has 2 aromatic heterocycles. The van der Waals surface area contributed by atoms with Gasteiger partial charge in [-0.1, -0.05) is 0 Å². The quantitative estimate of drug-likeness (QED) is 0.934. The first-order valence-corrected chi connectivity index (χ1v) is 8.04. The predicted molar refractivity (Wildman–Crippen MR) is 69.9 cm³/mol. The van der Waals surface area contributed by atoms with Crippen molar-refractivity contribution in [2.45, 2.75) is 17.7 Å². The molecule has 0 radical (unpaired) electrons. The van der Waals surface area contributed by atoms with Crippen molar-refractivity contribution in [2.75, 3.05) is 0 Å². The molecule has 0 unspecified atom stereocenters. The molecule has 0 saturated heterocycles. The maximum Gasteiger partial charge on any atom is 0.250 e. The smallest absolute Gasteiger partial charge is 0.250 e. The van der Waals surface area contributed by atoms with Gasteiger partial charge < -0.3 is 0 Å². The van der Waals surface area contributed by atoms with Crippen molar-refractivity contribution >= 4 is 32.7 Å². The Kier molecular flexibility index (Phi) is 3.77. The van der Waals surface area contributed by atoms with E-state index in [1.54, 1.807) is 6.20 Å². The number of nitrogens with zero attached hydrogens (tertiary/aromatic N) is 2. The third-order valence-corrected chi connectivity index (χ3v) is 5.86. The molecule has 94 valence electrons. The van der Waals surface area contributed by atoms with E-state index < -0.39 is 10.0 Å². The first kappa shape index (κ1) is 13.2. The summed E-state index contributed by atoms with van der Waals surface area (Å²) in [5.41, 5.74) is 0. The van der Waals surface area contributed by atoms with Crippen LogP contribution in [0, 0.1) is 18.3 Å². The summed E-state index contributed by atoms with van der Waals surface area (Å²) in [5.74, 6) is 0. The second-order valence-electron chi connectivity index (χ2n) is 3.40. The van der Waals surface area contributed by atoms with Crippen molar-refractivity contribution < 1.29 is 8.42 Å². The second-order valence-corrected chi connectivity index (χ2v) is 7.80. The zero-order valence-corrected chi connectivity index (χ0v) is 11.8. The first-order valence-electron chi connectivity index (χ1n) is 4.92. The van der Waals surface area contributed by atoms with Gasteiger partial charge in [-0.25, -0.2) is 18.1 Å². The van der Waals surface area contributed by atoms with Crippen LogP contribution in [-0.2, 0) is 16.6 Å². The number of rotatable bonds is 4. The molecule has 0 bridgehead atoms. The molecular formula is C10H9N3O2S3. The minimum Gasteiger partial charge on any atom is -0.250 e. The number of thiophene rings is 1. The van der Waals surface area contributed by atoms with Crippen molar-refractivity contribution in [2.24, 2.45) is 0 Å². The Morgan fingerprint density at radius 2 is 2.22 bits per heavy atom. The van der Waals surface area contributed by atoms with E-state index in [1.807, 2.05) is 13.0 Å². The number of hydrogen-bond donors (Lipinski definition) is 1. The van der Waals surface area contributed by atoms with Crippen LogP contribution < -0.4 is 4.72 Å². The van der Waals surface area contributed by atoms with E-state index >= 15 is 0 Å². The standard InChI is InChI=1S/C10H9N3O2S3/c1-7-12-5-9(16-7)6-13-18(14,15)10-3-2-8(4-11)17-10/h2-3,5,13H,6H2,1H3. The molecule has 0 aliphatic heterocycles. The summed E-state index contributed by atoms with van der Waals surface area (Å²) < 4.78 is 26.5. The zero-order valence-electron chi connectivity index (χ0n) is 9.37. The van der Waals surface area contributed by atoms with Gasteiger partial charge in [-0.15, -0.1) is 22.7 Å². The molecule has 0 atom stereocenters. The number of sulfonamides is 1. The summed E-state index contributed by atoms with van der Waals surface area (Å²) >= 11 is 2.40. The molecule has 8 heteroatoms. The molecule has 2 rings (SSSR count). The van der Waals surface area contributed by atoms with Gasteiger partial charge in [-0.3, -0.25) is 0 Å². The largest absolute Gasteiger partial charge is 0.250 e. The third kappa shape index (κ3) is 2.94. The monoisotopic (exact) mass is 299 g/mol. The molecule has 2 heterocycles. The van der Waals surface area contributed by atoms with Gasteiger partial charge in [0.15, 0.2) is 0 Å². The van der Waals surface area contributed by atoms with Gasteiger partial charge in [-0.05, 0) is 19.1 Å². The SMILES string of the molecule is Cc1ncc(CNS(=O)(=O)c2ccc(C#N)s2)s1. The average Bonchev–Trinajstić information content (AvgIpc) is 2.95. The summed E-state index contributed by atoms with van der Waals surface area (Å²) in [4.78, 5) is 5.28. The lowest BCUT2D eigenvalue weighted by Crippen LogP contribution is -2.21. The van der Waals surface area contributed by atoms with E-state index in [4.69, 9.17) is 5.26 Å². The molecule has 0 fully saturated rings. The highest BCUT2D eigenvalue weighted by Gasteiger charge is 2.16. The van der Waals surface area contributed by atoms with Crippen LogP contribution in [0.25, 0.3) is 0 Å². The first-order chi connectivity index (χ1) is 8.51. The molecular weight excluding hydrogens is 290 g/mol. The summed E-state index contributed by atoms with van der Waals surface area (Å²) in [5, 5.41) is 9.56. The van der Waals surface area contributed by atoms with Crippen LogP contribution in [0.15, 0.2) is 22.5 Å². The molecule has 18 heavy (non-hydrogen) atoms. The third-order valence-electron chi connectivity index (χ3n) is 2.06. The van der Waals surface area contributed by atoms with Crippen molar-refractivity contribution in [1.29, 1.82) is 5.26 Å². The average molecular weight is 299 g/mol. The number of nitriles is 1. The number of thiazole rings is 1. The molecule has 0 saturated carbocycles. The molecule has 0 amide bonds. The van der Waals surface area contributed by atoms with Crippen LogP contribution in [0.5, 0.6) is 0 Å². The molecule has 0 aliphatic rings. The van der Waals surface area contributed by atoms with E-state index in [-0.39, 0.29) is 10.8 Å². The summed E-state index contributed by atoms with van der Waals surface area (Å²) in [6.07, 6.45) is 1.65. The highest BCUT2D eigenvalue weighted by molar-refractivity contribution is 7.91. The number of hydrogen-bond acceptors (Lipinski definition) is 6. The lowest BCUT2D eigenvalue weighted by Gasteiger charge is -2.01. The van der Waals surface area contributed by atoms with Gasteiger partial charge in [0.2, 0.25) is 10.0 Å². The molecule has 0 spiro atoms. The highest BCUT2D eigenvalue weighted by atomic mass is 32.2. The van der Waals surface area contributed by atoms with E-state index in [1.165, 1.54) is 23.5 Å². The Balaban J connectivity index is 2.10. The van der Waals surface area contributed by atoms with Crippen LogP contribution in [0.3, 0.4) is 0 Å². The van der Waals surface area contributed by atoms with Crippen LogP contribution in [0.1, 0.15) is 14.8 Å². The predicted octanol–water partition coefficient (Wildman–Crippen LogP) is 1.86. The van der Waals surface area contributed by atoms with Crippen LogP contribution in [-0.4, -0.2) is 13.4 Å². The topological polar surface area (TPSA) is 82.8 Å². The van der Waals surface area contributed by atoms with Gasteiger partial charge in [0.1, 0.15) is 15.2 Å². The van der Waals surface area contributed by atoms with Crippen LogP contribution in [0.2, 0.25) is 0 Å². The fraction of sp³-hybridized carbons (Fsp3) is 0.200. The van der Waals surface area contributed by atoms with Gasteiger partial charge >= 0.3 is 0 Å². The normalized spacial score (nSPS) is 11.3. The Morgan fingerprint density at radius 1 is 1.44 bits per heavy atom. The number of nitrogens with one attached hydrogen (secondary N) is 1. The molecule has 0 aromatic carbocycles. The fourth-order valence-electron chi connectivity index (χ4n) is 1.25. The summed E-state index contributed by atoms with van der Waals surface area (Å²) in [6.45, 7) is 2.08. The maximum absolute atomic E-state index is 11.9. The van der Waals surface area contributed by atoms with Crippen molar-refractivity contribution in [3.63, 3.8) is 0 Å². The van der Waals surface area contributed by atoms with Crippen molar-refractivity contribution in [1.82, 2.24) is 9.71 Å². The van der Waals surface area contributed by atoms with E-state index in [0.717, 1.165) is 21.2 Å². The van der Waals surface area contributed by atoms with Gasteiger partial charge in [-0.2, -0.15) is 5.26 Å². The number of aryl methyl sites for hydroxylation is 1. The Hall–Kier alpha value is -1.27. The Morgan fingerprint density at radius 3 is 2.78 bits per heavy atom. The minimum atomic E-state index is -3.54. The molecule has 0 aliphatic carbocycles. The van der Waals surface area contributed by atoms with E-state index in [9.17, 15) is 8.42 Å². The van der Waals surface area contributed by atoms with Gasteiger partial charge in [0.25, 0.3) is 0 Å². The van der Waals surface area contributed by atoms with Gasteiger partial charge in [0, 0.05) is 17.6 Å². The van der Waals surface area contributed by atoms with Crippen LogP contribution in [0.4, 0.5) is 0 Å². The Bertz CT molecular complexity index is 694. The van der Waals surface area contributed by atoms with Gasteiger partial charge in [0.05, 0.1) is 5.01 Å². The molecule has 2 aromatic rings. The van der Waals surface area contributed by atoms with E-state index in [2.05, 4.69) is 9.71 Å². The highest BCUT2D eigenvalue weighted by Crippen LogP contribution is 2.21. The summed E-state index contributed by atoms with van der Waals surface area (Å²) in [6, 6.07) is 4.85. The van der Waals surface area contributed by atoms with Crippen LogP contribution >= 0.6 is 22.7 Å². The Labute approximate surface area is 113 Å². The maximum atomic E-state index is 11.9. The molecule has 1 N–H and O–H groups in total.